The first-order chi connectivity index (χ1) is 19.5. The zero-order valence-corrected chi connectivity index (χ0v) is 23.2. The Kier molecular flexibility index (Phi) is 8.48. The van der Waals surface area contributed by atoms with Crippen LogP contribution < -0.4 is 10.1 Å². The number of carbonyl (C=O) groups is 3. The Hall–Kier alpha value is -4.13. The summed E-state index contributed by atoms with van der Waals surface area (Å²) < 4.78 is 5.31. The van der Waals surface area contributed by atoms with Crippen molar-refractivity contribution in [1.29, 1.82) is 0 Å². The second-order valence-corrected chi connectivity index (χ2v) is 10.7. The first-order valence-electron chi connectivity index (χ1n) is 14.1. The quantitative estimate of drug-likeness (QED) is 0.421. The molecule has 0 saturated carbocycles. The first kappa shape index (κ1) is 27.4. The molecule has 7 heteroatoms. The molecule has 0 bridgehead atoms. The molecule has 2 heterocycles. The van der Waals surface area contributed by atoms with Crippen LogP contribution in [-0.4, -0.2) is 60.8 Å². The summed E-state index contributed by atoms with van der Waals surface area (Å²) in [4.78, 5) is 42.5. The van der Waals surface area contributed by atoms with Crippen LogP contribution in [0.2, 0.25) is 0 Å². The van der Waals surface area contributed by atoms with Crippen LogP contribution in [0.15, 0.2) is 78.9 Å². The van der Waals surface area contributed by atoms with Crippen molar-refractivity contribution >= 4 is 23.4 Å². The number of hydrogen-bond donors (Lipinski definition) is 1. The van der Waals surface area contributed by atoms with E-state index in [0.29, 0.717) is 43.4 Å². The van der Waals surface area contributed by atoms with Crippen LogP contribution in [0.4, 0.5) is 5.69 Å². The number of benzene rings is 3. The molecule has 3 amide bonds. The number of carbonyl (C=O) groups excluding carboxylic acids is 3. The molecule has 2 aliphatic rings. The maximum atomic E-state index is 13.1. The summed E-state index contributed by atoms with van der Waals surface area (Å²) in [5, 5.41) is 3.07. The van der Waals surface area contributed by atoms with Gasteiger partial charge >= 0.3 is 0 Å². The third kappa shape index (κ3) is 5.88. The summed E-state index contributed by atoms with van der Waals surface area (Å²) in [6.45, 7) is 4.36. The predicted octanol–water partition coefficient (Wildman–Crippen LogP) is 5.31. The highest BCUT2D eigenvalue weighted by atomic mass is 16.5. The van der Waals surface area contributed by atoms with Gasteiger partial charge in [0.25, 0.3) is 5.91 Å². The summed E-state index contributed by atoms with van der Waals surface area (Å²) >= 11 is 0. The fraction of sp³-hybridized carbons (Fsp3) is 0.364. The summed E-state index contributed by atoms with van der Waals surface area (Å²) in [6, 6.07) is 25.2. The number of anilines is 1. The fourth-order valence-corrected chi connectivity index (χ4v) is 5.81. The van der Waals surface area contributed by atoms with Gasteiger partial charge in [0.05, 0.1) is 24.5 Å². The van der Waals surface area contributed by atoms with E-state index in [0.717, 1.165) is 30.5 Å². The predicted molar refractivity (Wildman–Crippen MR) is 155 cm³/mol. The van der Waals surface area contributed by atoms with Gasteiger partial charge in [0.15, 0.2) is 0 Å². The normalized spacial score (nSPS) is 16.6. The average molecular weight is 540 g/mol. The zero-order valence-electron chi connectivity index (χ0n) is 23.2. The number of piperidine rings is 1. The van der Waals surface area contributed by atoms with Crippen LogP contribution >= 0.6 is 0 Å². The van der Waals surface area contributed by atoms with Crippen LogP contribution in [0.25, 0.3) is 0 Å². The molecular weight excluding hydrogens is 502 g/mol. The van der Waals surface area contributed by atoms with E-state index < -0.39 is 0 Å². The van der Waals surface area contributed by atoms with Gasteiger partial charge in [-0.2, -0.15) is 0 Å². The lowest BCUT2D eigenvalue weighted by atomic mass is 9.88. The molecule has 0 radical (unpaired) electrons. The lowest BCUT2D eigenvalue weighted by molar-refractivity contribution is -0.140. The monoisotopic (exact) mass is 539 g/mol. The van der Waals surface area contributed by atoms with Crippen LogP contribution in [0.1, 0.15) is 59.5 Å². The van der Waals surface area contributed by atoms with Crippen molar-refractivity contribution in [3.05, 3.63) is 95.6 Å². The van der Waals surface area contributed by atoms with E-state index in [1.807, 2.05) is 66.4 Å². The van der Waals surface area contributed by atoms with Crippen LogP contribution in [0.3, 0.4) is 0 Å². The van der Waals surface area contributed by atoms with Gasteiger partial charge in [0.1, 0.15) is 5.75 Å². The van der Waals surface area contributed by atoms with Crippen LogP contribution in [-0.2, 0) is 9.59 Å². The van der Waals surface area contributed by atoms with Gasteiger partial charge in [-0.1, -0.05) is 61.5 Å². The third-order valence-corrected chi connectivity index (χ3v) is 8.24. The molecule has 208 valence electrons. The molecule has 0 aliphatic carbocycles. The van der Waals surface area contributed by atoms with Gasteiger partial charge in [-0.3, -0.25) is 14.4 Å². The molecule has 3 aromatic carbocycles. The molecule has 2 fully saturated rings. The largest absolute Gasteiger partial charge is 0.496 e. The van der Waals surface area contributed by atoms with Crippen molar-refractivity contribution in [2.24, 2.45) is 5.92 Å². The van der Waals surface area contributed by atoms with E-state index in [1.54, 1.807) is 24.1 Å². The SMILES string of the molecule is CCC(C(=O)Nc1ccc(C2CCN(C(=O)C3CN(C(=O)c4ccccc4OC)C3)CC2)cc1)c1ccccc1. The third-order valence-electron chi connectivity index (χ3n) is 8.24. The number of rotatable bonds is 8. The van der Waals surface area contributed by atoms with Crippen molar-refractivity contribution in [1.82, 2.24) is 9.80 Å². The molecule has 2 saturated heterocycles. The van der Waals surface area contributed by atoms with E-state index in [1.165, 1.54) is 5.56 Å². The Balaban J connectivity index is 1.09. The highest BCUT2D eigenvalue weighted by Crippen LogP contribution is 2.32. The second kappa shape index (κ2) is 12.4. The minimum absolute atomic E-state index is 0.00689. The molecule has 1 atom stereocenters. The standard InChI is InChI=1S/C33H37N3O4/c1-3-28(25-9-5-4-6-10-25)31(37)34-27-15-13-23(14-16-27)24-17-19-35(20-18-24)32(38)26-21-36(22-26)33(39)29-11-7-8-12-30(29)40-2/h4-16,24,26,28H,3,17-22H2,1-2H3,(H,34,37). The van der Waals surface area contributed by atoms with Gasteiger partial charge in [-0.05, 0) is 60.6 Å². The first-order valence-corrected chi connectivity index (χ1v) is 14.1. The van der Waals surface area contributed by atoms with E-state index in [4.69, 9.17) is 4.74 Å². The van der Waals surface area contributed by atoms with E-state index in [9.17, 15) is 14.4 Å². The van der Waals surface area contributed by atoms with E-state index >= 15 is 0 Å². The maximum Gasteiger partial charge on any atom is 0.257 e. The Morgan fingerprint density at radius 1 is 0.875 bits per heavy atom. The molecule has 40 heavy (non-hydrogen) atoms. The molecule has 5 rings (SSSR count). The summed E-state index contributed by atoms with van der Waals surface area (Å²) in [6.07, 6.45) is 2.54. The summed E-state index contributed by atoms with van der Waals surface area (Å²) in [5.41, 5.74) is 3.59. The Morgan fingerprint density at radius 2 is 1.52 bits per heavy atom. The molecule has 2 aliphatic heterocycles. The topological polar surface area (TPSA) is 79.0 Å². The smallest absolute Gasteiger partial charge is 0.257 e. The molecule has 7 nitrogen and oxygen atoms in total. The highest BCUT2D eigenvalue weighted by molar-refractivity contribution is 5.98. The number of hydrogen-bond acceptors (Lipinski definition) is 4. The lowest BCUT2D eigenvalue weighted by Gasteiger charge is -2.42. The lowest BCUT2D eigenvalue weighted by Crippen LogP contribution is -2.57. The Bertz CT molecular complexity index is 1330. The van der Waals surface area contributed by atoms with Gasteiger partial charge in [-0.25, -0.2) is 0 Å². The van der Waals surface area contributed by atoms with Gasteiger partial charge in [0, 0.05) is 31.9 Å². The second-order valence-electron chi connectivity index (χ2n) is 10.7. The van der Waals surface area contributed by atoms with Gasteiger partial charge < -0.3 is 19.9 Å². The molecule has 1 unspecified atom stereocenters. The number of likely N-dealkylation sites (tertiary alicyclic amines) is 2. The van der Waals surface area contributed by atoms with Crippen molar-refractivity contribution in [2.75, 3.05) is 38.6 Å². The van der Waals surface area contributed by atoms with Crippen LogP contribution in [0.5, 0.6) is 5.75 Å². The molecule has 1 N–H and O–H groups in total. The van der Waals surface area contributed by atoms with Crippen molar-refractivity contribution < 1.29 is 19.1 Å². The molecule has 0 spiro atoms. The zero-order chi connectivity index (χ0) is 28.1. The molecule has 0 aromatic heterocycles. The number of ether oxygens (including phenoxy) is 1. The Labute approximate surface area is 236 Å². The van der Waals surface area contributed by atoms with Crippen LogP contribution in [0, 0.1) is 5.92 Å². The number of nitrogens with one attached hydrogen (secondary N) is 1. The molecule has 3 aromatic rings. The fourth-order valence-electron chi connectivity index (χ4n) is 5.81. The van der Waals surface area contributed by atoms with Crippen molar-refractivity contribution in [3.8, 4) is 5.75 Å². The number of nitrogens with zero attached hydrogens (tertiary/aromatic N) is 2. The number of amides is 3. The van der Waals surface area contributed by atoms with E-state index in [-0.39, 0.29) is 29.6 Å². The van der Waals surface area contributed by atoms with Crippen molar-refractivity contribution in [2.45, 2.75) is 38.0 Å². The number of methoxy groups -OCH3 is 1. The summed E-state index contributed by atoms with van der Waals surface area (Å²) in [5.74, 6) is 0.677. The van der Waals surface area contributed by atoms with Gasteiger partial charge in [-0.15, -0.1) is 0 Å². The minimum Gasteiger partial charge on any atom is -0.496 e. The summed E-state index contributed by atoms with van der Waals surface area (Å²) in [7, 11) is 1.55. The van der Waals surface area contributed by atoms with Crippen molar-refractivity contribution in [3.63, 3.8) is 0 Å². The van der Waals surface area contributed by atoms with Gasteiger partial charge in [0.2, 0.25) is 11.8 Å². The average Bonchev–Trinajstić information content (AvgIpc) is 2.97. The molecular formula is C33H37N3O4. The number of para-hydroxylation sites is 1. The minimum atomic E-state index is -0.176. The maximum absolute atomic E-state index is 13.1. The van der Waals surface area contributed by atoms with E-state index in [2.05, 4.69) is 17.4 Å². The Morgan fingerprint density at radius 3 is 2.17 bits per heavy atom. The highest BCUT2D eigenvalue weighted by Gasteiger charge is 2.39.